The molecule has 1 aromatic heterocycles. The molecule has 30 heavy (non-hydrogen) atoms. The monoisotopic (exact) mass is 472 g/mol. The molecule has 2 heterocycles. The first-order valence-electron chi connectivity index (χ1n) is 10.0. The number of carbonyl (C=O) groups is 2. The van der Waals surface area contributed by atoms with Crippen LogP contribution in [0.1, 0.15) is 29.0 Å². The maximum absolute atomic E-state index is 13.7. The first-order chi connectivity index (χ1) is 14.5. The molecule has 2 amide bonds. The summed E-state index contributed by atoms with van der Waals surface area (Å²) in [5.74, 6) is -0.263. The highest BCUT2D eigenvalue weighted by atomic mass is 79.9. The normalized spacial score (nSPS) is 14.8. The van der Waals surface area contributed by atoms with Crippen LogP contribution >= 0.6 is 15.9 Å². The van der Waals surface area contributed by atoms with E-state index in [9.17, 15) is 14.0 Å². The van der Waals surface area contributed by atoms with Crippen molar-refractivity contribution in [2.24, 2.45) is 5.92 Å². The van der Waals surface area contributed by atoms with Gasteiger partial charge in [-0.2, -0.15) is 0 Å². The number of amides is 2. The van der Waals surface area contributed by atoms with E-state index in [2.05, 4.69) is 21.2 Å². The SMILES string of the molecule is O=C(NCCc1ccccc1F)C1CCN(C(=O)c2cc3cc(Br)ccc3o2)CC1. The van der Waals surface area contributed by atoms with Gasteiger partial charge < -0.3 is 14.6 Å². The van der Waals surface area contributed by atoms with Crippen molar-refractivity contribution >= 4 is 38.7 Å². The largest absolute Gasteiger partial charge is 0.451 e. The van der Waals surface area contributed by atoms with Gasteiger partial charge in [-0.25, -0.2) is 4.39 Å². The fourth-order valence-electron chi connectivity index (χ4n) is 3.79. The van der Waals surface area contributed by atoms with E-state index in [-0.39, 0.29) is 23.5 Å². The van der Waals surface area contributed by atoms with Crippen molar-refractivity contribution in [2.75, 3.05) is 19.6 Å². The van der Waals surface area contributed by atoms with Gasteiger partial charge in [-0.15, -0.1) is 0 Å². The van der Waals surface area contributed by atoms with E-state index < -0.39 is 0 Å². The Kier molecular flexibility index (Phi) is 6.18. The van der Waals surface area contributed by atoms with Crippen LogP contribution in [0.15, 0.2) is 57.4 Å². The summed E-state index contributed by atoms with van der Waals surface area (Å²) in [5, 5.41) is 3.77. The van der Waals surface area contributed by atoms with Crippen LogP contribution < -0.4 is 5.32 Å². The maximum Gasteiger partial charge on any atom is 0.289 e. The third-order valence-electron chi connectivity index (χ3n) is 5.49. The van der Waals surface area contributed by atoms with Gasteiger partial charge >= 0.3 is 0 Å². The summed E-state index contributed by atoms with van der Waals surface area (Å²) in [6.45, 7) is 1.41. The minimum atomic E-state index is -0.253. The van der Waals surface area contributed by atoms with E-state index in [1.54, 1.807) is 29.2 Å². The number of likely N-dealkylation sites (tertiary alicyclic amines) is 1. The molecule has 0 atom stereocenters. The lowest BCUT2D eigenvalue weighted by Gasteiger charge is -2.30. The maximum atomic E-state index is 13.7. The molecule has 1 N–H and O–H groups in total. The summed E-state index contributed by atoms with van der Waals surface area (Å²) < 4.78 is 20.3. The minimum absolute atomic E-state index is 0.0352. The fourth-order valence-corrected chi connectivity index (χ4v) is 4.16. The summed E-state index contributed by atoms with van der Waals surface area (Å²) in [7, 11) is 0. The first-order valence-corrected chi connectivity index (χ1v) is 10.8. The van der Waals surface area contributed by atoms with E-state index in [1.165, 1.54) is 6.07 Å². The van der Waals surface area contributed by atoms with Gasteiger partial charge in [0.1, 0.15) is 11.4 Å². The fraction of sp³-hybridized carbons (Fsp3) is 0.304. The number of nitrogens with one attached hydrogen (secondary N) is 1. The van der Waals surface area contributed by atoms with Crippen molar-refractivity contribution in [2.45, 2.75) is 19.3 Å². The Morgan fingerprint density at radius 2 is 1.90 bits per heavy atom. The molecule has 1 fully saturated rings. The molecule has 4 rings (SSSR count). The second-order valence-corrected chi connectivity index (χ2v) is 8.41. The number of benzene rings is 2. The average Bonchev–Trinajstić information content (AvgIpc) is 3.18. The van der Waals surface area contributed by atoms with Crippen molar-refractivity contribution in [3.8, 4) is 0 Å². The zero-order chi connectivity index (χ0) is 21.1. The highest BCUT2D eigenvalue weighted by Gasteiger charge is 2.29. The van der Waals surface area contributed by atoms with Crippen LogP contribution in [-0.2, 0) is 11.2 Å². The third-order valence-corrected chi connectivity index (χ3v) is 5.99. The predicted molar refractivity (Wildman–Crippen MR) is 116 cm³/mol. The predicted octanol–water partition coefficient (Wildman–Crippen LogP) is 4.55. The number of carbonyl (C=O) groups excluding carboxylic acids is 2. The van der Waals surface area contributed by atoms with E-state index in [4.69, 9.17) is 4.42 Å². The standard InChI is InChI=1S/C23H22BrFN2O3/c24-18-5-6-20-17(13-18)14-21(30-20)23(29)27-11-8-16(9-12-27)22(28)26-10-7-15-3-1-2-4-19(15)25/h1-6,13-14,16H,7-12H2,(H,26,28). The molecular weight excluding hydrogens is 451 g/mol. The molecular formula is C23H22BrFN2O3. The molecule has 5 nitrogen and oxygen atoms in total. The second kappa shape index (κ2) is 9.00. The van der Waals surface area contributed by atoms with Crippen molar-refractivity contribution in [1.82, 2.24) is 10.2 Å². The summed E-state index contributed by atoms with van der Waals surface area (Å²) in [4.78, 5) is 26.9. The number of piperidine rings is 1. The number of nitrogens with zero attached hydrogens (tertiary/aromatic N) is 1. The molecule has 2 aromatic carbocycles. The van der Waals surface area contributed by atoms with E-state index in [0.29, 0.717) is 55.8 Å². The Morgan fingerprint density at radius 3 is 2.67 bits per heavy atom. The van der Waals surface area contributed by atoms with Gasteiger partial charge in [0.05, 0.1) is 0 Å². The van der Waals surface area contributed by atoms with Gasteiger partial charge in [0, 0.05) is 35.4 Å². The van der Waals surface area contributed by atoms with Crippen molar-refractivity contribution < 1.29 is 18.4 Å². The van der Waals surface area contributed by atoms with Crippen LogP contribution in [0.5, 0.6) is 0 Å². The Bertz CT molecular complexity index is 1070. The van der Waals surface area contributed by atoms with Crippen molar-refractivity contribution in [3.05, 3.63) is 70.1 Å². The molecule has 3 aromatic rings. The zero-order valence-electron chi connectivity index (χ0n) is 16.4. The molecule has 156 valence electrons. The van der Waals surface area contributed by atoms with Crippen LogP contribution in [0.4, 0.5) is 4.39 Å². The Balaban J connectivity index is 1.28. The van der Waals surface area contributed by atoms with Crippen LogP contribution in [0.25, 0.3) is 11.0 Å². The molecule has 1 saturated heterocycles. The summed E-state index contributed by atoms with van der Waals surface area (Å²) in [5.41, 5.74) is 1.27. The summed E-state index contributed by atoms with van der Waals surface area (Å²) >= 11 is 3.42. The van der Waals surface area contributed by atoms with Gasteiger partial charge in [-0.3, -0.25) is 9.59 Å². The summed E-state index contributed by atoms with van der Waals surface area (Å²) in [6, 6.07) is 13.9. The van der Waals surface area contributed by atoms with Crippen LogP contribution in [0.2, 0.25) is 0 Å². The topological polar surface area (TPSA) is 62.6 Å². The molecule has 0 aliphatic carbocycles. The molecule has 7 heteroatoms. The highest BCUT2D eigenvalue weighted by molar-refractivity contribution is 9.10. The minimum Gasteiger partial charge on any atom is -0.451 e. The van der Waals surface area contributed by atoms with E-state index in [0.717, 1.165) is 9.86 Å². The number of hydrogen-bond acceptors (Lipinski definition) is 3. The lowest BCUT2D eigenvalue weighted by Crippen LogP contribution is -2.43. The van der Waals surface area contributed by atoms with Crippen molar-refractivity contribution in [3.63, 3.8) is 0 Å². The van der Waals surface area contributed by atoms with Crippen molar-refractivity contribution in [1.29, 1.82) is 0 Å². The van der Waals surface area contributed by atoms with Gasteiger partial charge in [0.15, 0.2) is 5.76 Å². The number of fused-ring (bicyclic) bond motifs is 1. The Morgan fingerprint density at radius 1 is 1.13 bits per heavy atom. The lowest BCUT2D eigenvalue weighted by atomic mass is 9.95. The van der Waals surface area contributed by atoms with Gasteiger partial charge in [0.25, 0.3) is 5.91 Å². The van der Waals surface area contributed by atoms with Crippen LogP contribution in [0.3, 0.4) is 0 Å². The number of halogens is 2. The van der Waals surface area contributed by atoms with E-state index >= 15 is 0 Å². The Labute approximate surface area is 182 Å². The highest BCUT2D eigenvalue weighted by Crippen LogP contribution is 2.26. The average molecular weight is 473 g/mol. The van der Waals surface area contributed by atoms with Gasteiger partial charge in [-0.05, 0) is 55.2 Å². The lowest BCUT2D eigenvalue weighted by molar-refractivity contribution is -0.126. The van der Waals surface area contributed by atoms with Crippen LogP contribution in [-0.4, -0.2) is 36.3 Å². The van der Waals surface area contributed by atoms with Gasteiger partial charge in [-0.1, -0.05) is 34.1 Å². The number of hydrogen-bond donors (Lipinski definition) is 1. The molecule has 0 radical (unpaired) electrons. The molecule has 0 saturated carbocycles. The molecule has 0 spiro atoms. The molecule has 0 unspecified atom stereocenters. The smallest absolute Gasteiger partial charge is 0.289 e. The zero-order valence-corrected chi connectivity index (χ0v) is 18.0. The summed E-state index contributed by atoms with van der Waals surface area (Å²) in [6.07, 6.45) is 1.66. The molecule has 0 bridgehead atoms. The second-order valence-electron chi connectivity index (χ2n) is 7.49. The van der Waals surface area contributed by atoms with Crippen LogP contribution in [0, 0.1) is 11.7 Å². The molecule has 1 aliphatic heterocycles. The Hall–Kier alpha value is -2.67. The number of rotatable bonds is 5. The molecule has 1 aliphatic rings. The van der Waals surface area contributed by atoms with Gasteiger partial charge in [0.2, 0.25) is 5.91 Å². The quantitative estimate of drug-likeness (QED) is 0.592. The number of furan rings is 1. The third kappa shape index (κ3) is 4.56. The van der Waals surface area contributed by atoms with E-state index in [1.807, 2.05) is 18.2 Å². The first kappa shape index (κ1) is 20.6.